The Morgan fingerprint density at radius 3 is 2.45 bits per heavy atom. The first-order valence-electron chi connectivity index (χ1n) is 15.1. The Bertz CT molecular complexity index is 2260. The smallest absolute Gasteiger partial charge is 0.267 e. The number of nitrogens with zero attached hydrogens (tertiary/aromatic N) is 6. The van der Waals surface area contributed by atoms with E-state index in [4.69, 9.17) is 14.5 Å². The number of methoxy groups -OCH3 is 1. The van der Waals surface area contributed by atoms with Crippen LogP contribution in [-0.4, -0.2) is 59.1 Å². The van der Waals surface area contributed by atoms with Gasteiger partial charge in [-0.2, -0.15) is 0 Å². The molecule has 2 aromatic carbocycles. The second-order valence-electron chi connectivity index (χ2n) is 12.3. The van der Waals surface area contributed by atoms with Gasteiger partial charge in [0.05, 0.1) is 47.7 Å². The van der Waals surface area contributed by atoms with Crippen molar-refractivity contribution < 1.29 is 31.1 Å². The molecular formula is C33H32F3N7O4SSi. The second-order valence-corrected chi connectivity index (χ2v) is 19.6. The van der Waals surface area contributed by atoms with Gasteiger partial charge in [0.1, 0.15) is 30.4 Å². The van der Waals surface area contributed by atoms with Crippen LogP contribution < -0.4 is 9.46 Å². The lowest BCUT2D eigenvalue weighted by Gasteiger charge is -2.16. The van der Waals surface area contributed by atoms with Crippen LogP contribution >= 0.6 is 0 Å². The minimum atomic E-state index is -4.61. The average molecular weight is 708 g/mol. The molecule has 6 aromatic rings. The van der Waals surface area contributed by atoms with Crippen molar-refractivity contribution in [2.24, 2.45) is 0 Å². The topological polar surface area (TPSA) is 126 Å². The number of aromatic nitrogens is 6. The Kier molecular flexibility index (Phi) is 9.28. The summed E-state index contributed by atoms with van der Waals surface area (Å²) in [7, 11) is -4.76. The lowest BCUT2D eigenvalue weighted by Crippen LogP contribution is -2.22. The van der Waals surface area contributed by atoms with Crippen LogP contribution in [0.2, 0.25) is 25.7 Å². The number of nitrogens with one attached hydrogen (secondary N) is 1. The van der Waals surface area contributed by atoms with Gasteiger partial charge in [-0.3, -0.25) is 9.71 Å². The van der Waals surface area contributed by atoms with Crippen molar-refractivity contribution in [2.75, 3.05) is 18.4 Å². The van der Waals surface area contributed by atoms with E-state index in [1.807, 2.05) is 45.8 Å². The van der Waals surface area contributed by atoms with E-state index >= 15 is 8.78 Å². The molecule has 0 amide bonds. The number of hydrogen-bond donors (Lipinski definition) is 1. The number of fused-ring (bicyclic) bond motifs is 1. The molecule has 16 heteroatoms. The summed E-state index contributed by atoms with van der Waals surface area (Å²) < 4.78 is 87.4. The molecule has 0 unspecified atom stereocenters. The van der Waals surface area contributed by atoms with Crippen LogP contribution in [0.15, 0.2) is 84.5 Å². The number of ether oxygens (including phenoxy) is 2. The van der Waals surface area contributed by atoms with Gasteiger partial charge in [0.25, 0.3) is 10.0 Å². The summed E-state index contributed by atoms with van der Waals surface area (Å²) in [6, 6.07) is 13.1. The molecule has 0 fully saturated rings. The van der Waals surface area contributed by atoms with Crippen molar-refractivity contribution in [1.82, 2.24) is 28.9 Å². The number of rotatable bonds is 12. The fraction of sp³-hybridized carbons (Fsp3) is 0.212. The first-order valence-corrected chi connectivity index (χ1v) is 20.3. The summed E-state index contributed by atoms with van der Waals surface area (Å²) >= 11 is 0. The molecule has 0 spiro atoms. The van der Waals surface area contributed by atoms with E-state index in [0.717, 1.165) is 37.0 Å². The Morgan fingerprint density at radius 2 is 1.71 bits per heavy atom. The molecule has 1 N–H and O–H groups in total. The van der Waals surface area contributed by atoms with E-state index < -0.39 is 57.6 Å². The van der Waals surface area contributed by atoms with Gasteiger partial charge in [-0.25, -0.2) is 36.5 Å². The predicted octanol–water partition coefficient (Wildman–Crippen LogP) is 6.86. The van der Waals surface area contributed by atoms with Gasteiger partial charge in [-0.1, -0.05) is 50.0 Å². The molecule has 254 valence electrons. The molecule has 0 aliphatic carbocycles. The molecule has 49 heavy (non-hydrogen) atoms. The summed E-state index contributed by atoms with van der Waals surface area (Å²) in [5.41, 5.74) is 1.26. The number of anilines is 1. The maximum atomic E-state index is 15.9. The standard InChI is InChI=1S/C33H32F3N7O4SSi/c1-46-33-28(14-22(34)15-38-33)48(44,45)41-24-11-10-23(35)29(30(24)36)26-18-42-19-39-31(27(42)16-37-26)32-40-25(21-8-6-5-7-9-21)17-43(32)20-47-12-13-49(2,3)4/h5-11,14-19,41H,12-13,20H2,1-4H3. The molecule has 4 aromatic heterocycles. The molecule has 0 saturated heterocycles. The van der Waals surface area contributed by atoms with Crippen LogP contribution in [0, 0.1) is 17.5 Å². The minimum absolute atomic E-state index is 0.138. The predicted molar refractivity (Wildman–Crippen MR) is 181 cm³/mol. The number of pyridine rings is 1. The average Bonchev–Trinajstić information content (AvgIpc) is 3.68. The number of benzene rings is 2. The van der Waals surface area contributed by atoms with Crippen LogP contribution in [0.4, 0.5) is 18.9 Å². The fourth-order valence-corrected chi connectivity index (χ4v) is 6.96. The van der Waals surface area contributed by atoms with E-state index in [1.165, 1.54) is 18.7 Å². The lowest BCUT2D eigenvalue weighted by atomic mass is 10.1. The SMILES string of the molecule is COc1ncc(F)cc1S(=O)(=O)Nc1ccc(F)c(-c2cn3cnc(-c4nc(-c5ccccc5)cn4COCC[Si](C)(C)C)c3cn2)c1F. The molecule has 0 aliphatic rings. The number of imidazole rings is 2. The van der Waals surface area contributed by atoms with Crippen LogP contribution in [0.1, 0.15) is 0 Å². The molecule has 0 atom stereocenters. The minimum Gasteiger partial charge on any atom is -0.480 e. The van der Waals surface area contributed by atoms with E-state index in [9.17, 15) is 12.8 Å². The van der Waals surface area contributed by atoms with Crippen LogP contribution in [0.5, 0.6) is 5.88 Å². The maximum Gasteiger partial charge on any atom is 0.267 e. The highest BCUT2D eigenvalue weighted by Crippen LogP contribution is 2.33. The van der Waals surface area contributed by atoms with Crippen LogP contribution in [-0.2, 0) is 21.5 Å². The second kappa shape index (κ2) is 13.4. The monoisotopic (exact) mass is 707 g/mol. The van der Waals surface area contributed by atoms with E-state index in [1.54, 1.807) is 4.40 Å². The molecule has 11 nitrogen and oxygen atoms in total. The highest BCUT2D eigenvalue weighted by molar-refractivity contribution is 7.92. The summed E-state index contributed by atoms with van der Waals surface area (Å²) in [5.74, 6) is -3.07. The first-order chi connectivity index (χ1) is 23.3. The zero-order valence-corrected chi connectivity index (χ0v) is 28.8. The molecule has 6 rings (SSSR count). The molecular weight excluding hydrogens is 676 g/mol. The van der Waals surface area contributed by atoms with E-state index in [2.05, 4.69) is 34.6 Å². The molecule has 0 bridgehead atoms. The molecule has 0 radical (unpaired) electrons. The third-order valence-electron chi connectivity index (χ3n) is 7.56. The summed E-state index contributed by atoms with van der Waals surface area (Å²) in [6.45, 7) is 7.67. The molecule has 4 heterocycles. The third-order valence-corrected chi connectivity index (χ3v) is 10.6. The highest BCUT2D eigenvalue weighted by Gasteiger charge is 2.26. The number of hydrogen-bond acceptors (Lipinski definition) is 8. The molecule has 0 aliphatic heterocycles. The van der Waals surface area contributed by atoms with E-state index in [-0.39, 0.29) is 12.4 Å². The quantitative estimate of drug-likeness (QED) is 0.108. The molecule has 0 saturated carbocycles. The zero-order chi connectivity index (χ0) is 34.9. The highest BCUT2D eigenvalue weighted by atomic mass is 32.2. The number of halogens is 3. The van der Waals surface area contributed by atoms with Gasteiger partial charge in [0.15, 0.2) is 16.5 Å². The van der Waals surface area contributed by atoms with Gasteiger partial charge < -0.3 is 18.4 Å². The Labute approximate surface area is 281 Å². The van der Waals surface area contributed by atoms with Crippen molar-refractivity contribution in [1.29, 1.82) is 0 Å². The largest absolute Gasteiger partial charge is 0.480 e. The summed E-state index contributed by atoms with van der Waals surface area (Å²) in [4.78, 5) is 16.7. The van der Waals surface area contributed by atoms with Gasteiger partial charge in [-0.05, 0) is 18.2 Å². The van der Waals surface area contributed by atoms with Crippen molar-refractivity contribution in [3.05, 3.63) is 97.1 Å². The first kappa shape index (κ1) is 33.8. The lowest BCUT2D eigenvalue weighted by molar-refractivity contribution is 0.0883. The van der Waals surface area contributed by atoms with Crippen molar-refractivity contribution in [3.63, 3.8) is 0 Å². The van der Waals surface area contributed by atoms with Gasteiger partial charge in [-0.15, -0.1) is 0 Å². The summed E-state index contributed by atoms with van der Waals surface area (Å²) in [5, 5.41) is 0. The van der Waals surface area contributed by atoms with Crippen molar-refractivity contribution >= 4 is 29.3 Å². The maximum absolute atomic E-state index is 15.9. The van der Waals surface area contributed by atoms with Crippen molar-refractivity contribution in [3.8, 4) is 39.9 Å². The Hall–Kier alpha value is -5.06. The van der Waals surface area contributed by atoms with Gasteiger partial charge in [0.2, 0.25) is 5.88 Å². The van der Waals surface area contributed by atoms with Gasteiger partial charge >= 0.3 is 0 Å². The van der Waals surface area contributed by atoms with Crippen LogP contribution in [0.3, 0.4) is 0 Å². The number of sulfonamides is 1. The normalized spacial score (nSPS) is 12.1. The summed E-state index contributed by atoms with van der Waals surface area (Å²) in [6.07, 6.45) is 6.91. The van der Waals surface area contributed by atoms with Crippen molar-refractivity contribution in [2.45, 2.75) is 37.3 Å². The third kappa shape index (κ3) is 7.20. The zero-order valence-electron chi connectivity index (χ0n) is 27.0. The fourth-order valence-electron chi connectivity index (χ4n) is 5.01. The Balaban J connectivity index is 1.35. The van der Waals surface area contributed by atoms with E-state index in [0.29, 0.717) is 35.4 Å². The van der Waals surface area contributed by atoms with Crippen LogP contribution in [0.25, 0.3) is 39.5 Å². The Morgan fingerprint density at radius 1 is 0.939 bits per heavy atom. The van der Waals surface area contributed by atoms with Gasteiger partial charge in [0, 0.05) is 38.7 Å².